The molecule has 1 aromatic rings. The van der Waals surface area contributed by atoms with Crippen molar-refractivity contribution in [3.8, 4) is 0 Å². The van der Waals surface area contributed by atoms with E-state index in [1.54, 1.807) is 30.0 Å². The summed E-state index contributed by atoms with van der Waals surface area (Å²) in [5.74, 6) is 0. The van der Waals surface area contributed by atoms with Gasteiger partial charge in [0.15, 0.2) is 0 Å². The topological polar surface area (TPSA) is 58.3 Å². The maximum Gasteiger partial charge on any atom is 0.0591 e. The summed E-state index contributed by atoms with van der Waals surface area (Å²) in [6, 6.07) is 5.44. The lowest BCUT2D eigenvalue weighted by atomic mass is 10.2. The fourth-order valence-corrected chi connectivity index (χ4v) is 2.23. The predicted molar refractivity (Wildman–Crippen MR) is 73.3 cm³/mol. The number of aliphatic hydroxyl groups is 1. The number of hydrogen-bond acceptors (Lipinski definition) is 4. The molecule has 1 rings (SSSR count). The normalized spacial score (nSPS) is 14.5. The maximum atomic E-state index is 9.18. The third-order valence-electron chi connectivity index (χ3n) is 2.44. The van der Waals surface area contributed by atoms with Crippen LogP contribution < -0.4 is 11.1 Å². The molecule has 0 fully saturated rings. The van der Waals surface area contributed by atoms with Crippen molar-refractivity contribution in [2.24, 2.45) is 0 Å². The number of nitrogens with two attached hydrogens (primary N) is 1. The van der Waals surface area contributed by atoms with E-state index in [2.05, 4.69) is 5.32 Å². The first kappa shape index (κ1) is 13.5. The van der Waals surface area contributed by atoms with Crippen molar-refractivity contribution in [1.82, 2.24) is 0 Å². The average Bonchev–Trinajstić information content (AvgIpc) is 2.25. The van der Waals surface area contributed by atoms with Crippen LogP contribution in [0.2, 0.25) is 5.02 Å². The molecule has 0 radical (unpaired) electrons. The number of halogens is 1. The first-order valence-corrected chi connectivity index (χ1v) is 6.70. The highest BCUT2D eigenvalue weighted by atomic mass is 35.5. The van der Waals surface area contributed by atoms with E-state index in [0.717, 1.165) is 5.69 Å². The van der Waals surface area contributed by atoms with E-state index >= 15 is 0 Å². The summed E-state index contributed by atoms with van der Waals surface area (Å²) < 4.78 is 0. The molecular formula is C11H17ClN2OS. The van der Waals surface area contributed by atoms with Gasteiger partial charge in [0.25, 0.3) is 0 Å². The third kappa shape index (κ3) is 3.47. The molecule has 0 aliphatic rings. The van der Waals surface area contributed by atoms with Gasteiger partial charge in [-0.2, -0.15) is 11.8 Å². The summed E-state index contributed by atoms with van der Waals surface area (Å²) in [7, 11) is 0. The van der Waals surface area contributed by atoms with Gasteiger partial charge in [-0.15, -0.1) is 0 Å². The van der Waals surface area contributed by atoms with Gasteiger partial charge in [-0.1, -0.05) is 11.6 Å². The zero-order valence-corrected chi connectivity index (χ0v) is 11.0. The van der Waals surface area contributed by atoms with Gasteiger partial charge in [-0.25, -0.2) is 0 Å². The molecule has 90 valence electrons. The molecule has 0 heterocycles. The van der Waals surface area contributed by atoms with E-state index in [9.17, 15) is 5.11 Å². The molecule has 1 aromatic carbocycles. The minimum absolute atomic E-state index is 0.126. The van der Waals surface area contributed by atoms with E-state index in [4.69, 9.17) is 17.3 Å². The van der Waals surface area contributed by atoms with Crippen LogP contribution >= 0.6 is 23.4 Å². The van der Waals surface area contributed by atoms with Gasteiger partial charge in [0.1, 0.15) is 0 Å². The molecule has 0 aliphatic carbocycles. The molecule has 0 aliphatic heterocycles. The van der Waals surface area contributed by atoms with Gasteiger partial charge in [0.05, 0.1) is 18.0 Å². The fourth-order valence-electron chi connectivity index (χ4n) is 1.43. The van der Waals surface area contributed by atoms with E-state index in [-0.39, 0.29) is 17.9 Å². The Morgan fingerprint density at radius 2 is 2.25 bits per heavy atom. The zero-order valence-electron chi connectivity index (χ0n) is 9.40. The largest absolute Gasteiger partial charge is 0.397 e. The molecule has 0 saturated carbocycles. The Morgan fingerprint density at radius 3 is 2.81 bits per heavy atom. The Balaban J connectivity index is 2.75. The molecule has 0 amide bonds. The predicted octanol–water partition coefficient (Wildman–Crippen LogP) is 2.45. The maximum absolute atomic E-state index is 9.18. The number of thioether (sulfide) groups is 1. The Hall–Kier alpha value is -0.580. The van der Waals surface area contributed by atoms with Gasteiger partial charge in [0.2, 0.25) is 0 Å². The number of aliphatic hydroxyl groups excluding tert-OH is 1. The minimum Gasteiger partial charge on any atom is -0.397 e. The van der Waals surface area contributed by atoms with Crippen LogP contribution in [0.3, 0.4) is 0 Å². The van der Waals surface area contributed by atoms with Gasteiger partial charge in [-0.3, -0.25) is 0 Å². The molecule has 0 saturated heterocycles. The summed E-state index contributed by atoms with van der Waals surface area (Å²) in [5.41, 5.74) is 7.30. The van der Waals surface area contributed by atoms with Crippen LogP contribution in [0.4, 0.5) is 11.4 Å². The average molecular weight is 261 g/mol. The summed E-state index contributed by atoms with van der Waals surface area (Å²) in [4.78, 5) is 0. The number of benzene rings is 1. The molecule has 2 atom stereocenters. The summed E-state index contributed by atoms with van der Waals surface area (Å²) in [6.45, 7) is 2.15. The number of anilines is 2. The number of rotatable bonds is 5. The Morgan fingerprint density at radius 1 is 1.56 bits per heavy atom. The second kappa shape index (κ2) is 6.23. The molecule has 0 aromatic heterocycles. The lowest BCUT2D eigenvalue weighted by Crippen LogP contribution is -2.31. The number of nitrogens with one attached hydrogen (secondary N) is 1. The highest BCUT2D eigenvalue weighted by Crippen LogP contribution is 2.25. The molecule has 0 spiro atoms. The zero-order chi connectivity index (χ0) is 12.1. The van der Waals surface area contributed by atoms with Crippen LogP contribution in [0.25, 0.3) is 0 Å². The van der Waals surface area contributed by atoms with Gasteiger partial charge >= 0.3 is 0 Å². The van der Waals surface area contributed by atoms with E-state index in [0.29, 0.717) is 10.7 Å². The lowest BCUT2D eigenvalue weighted by molar-refractivity contribution is 0.288. The molecular weight excluding hydrogens is 244 g/mol. The molecule has 0 bridgehead atoms. The van der Waals surface area contributed by atoms with Crippen molar-refractivity contribution in [2.75, 3.05) is 23.9 Å². The van der Waals surface area contributed by atoms with Crippen LogP contribution in [-0.2, 0) is 0 Å². The Kier molecular flexibility index (Phi) is 5.25. The number of nitrogen functional groups attached to an aromatic ring is 1. The monoisotopic (exact) mass is 260 g/mol. The van der Waals surface area contributed by atoms with Crippen LogP contribution in [0.15, 0.2) is 18.2 Å². The molecule has 4 N–H and O–H groups in total. The first-order valence-electron chi connectivity index (χ1n) is 5.03. The smallest absolute Gasteiger partial charge is 0.0591 e. The van der Waals surface area contributed by atoms with Gasteiger partial charge in [-0.05, 0) is 31.4 Å². The standard InChI is InChI=1S/C11H17ClN2OS/c1-7(11(6-15)16-2)14-10-5-8(12)3-4-9(10)13/h3-5,7,11,14-15H,6,13H2,1-2H3. The highest BCUT2D eigenvalue weighted by Gasteiger charge is 2.15. The van der Waals surface area contributed by atoms with Crippen molar-refractivity contribution in [3.63, 3.8) is 0 Å². The Bertz CT molecular complexity index is 345. The van der Waals surface area contributed by atoms with E-state index < -0.39 is 0 Å². The fraction of sp³-hybridized carbons (Fsp3) is 0.455. The first-order chi connectivity index (χ1) is 7.58. The van der Waals surface area contributed by atoms with Crippen molar-refractivity contribution >= 4 is 34.7 Å². The van der Waals surface area contributed by atoms with Crippen LogP contribution in [0, 0.1) is 0 Å². The van der Waals surface area contributed by atoms with Gasteiger partial charge < -0.3 is 16.2 Å². The summed E-state index contributed by atoms with van der Waals surface area (Å²) in [6.07, 6.45) is 1.97. The van der Waals surface area contributed by atoms with Crippen molar-refractivity contribution in [3.05, 3.63) is 23.2 Å². The molecule has 16 heavy (non-hydrogen) atoms. The van der Waals surface area contributed by atoms with Gasteiger partial charge in [0, 0.05) is 16.3 Å². The SMILES string of the molecule is CSC(CO)C(C)Nc1cc(Cl)ccc1N. The summed E-state index contributed by atoms with van der Waals surface area (Å²) in [5, 5.41) is 13.2. The highest BCUT2D eigenvalue weighted by molar-refractivity contribution is 7.99. The van der Waals surface area contributed by atoms with Crippen LogP contribution in [0.5, 0.6) is 0 Å². The molecule has 3 nitrogen and oxygen atoms in total. The van der Waals surface area contributed by atoms with E-state index in [1.165, 1.54) is 0 Å². The molecule has 5 heteroatoms. The van der Waals surface area contributed by atoms with Crippen LogP contribution in [0.1, 0.15) is 6.92 Å². The second-order valence-electron chi connectivity index (χ2n) is 3.62. The number of hydrogen-bond donors (Lipinski definition) is 3. The Labute approximate surface area is 105 Å². The lowest BCUT2D eigenvalue weighted by Gasteiger charge is -2.23. The minimum atomic E-state index is 0.126. The summed E-state index contributed by atoms with van der Waals surface area (Å²) >= 11 is 7.52. The third-order valence-corrected chi connectivity index (χ3v) is 3.84. The van der Waals surface area contributed by atoms with E-state index in [1.807, 2.05) is 13.2 Å². The van der Waals surface area contributed by atoms with Crippen molar-refractivity contribution in [1.29, 1.82) is 0 Å². The quantitative estimate of drug-likeness (QED) is 0.712. The van der Waals surface area contributed by atoms with Crippen molar-refractivity contribution < 1.29 is 5.11 Å². The second-order valence-corrected chi connectivity index (χ2v) is 5.13. The van der Waals surface area contributed by atoms with Crippen molar-refractivity contribution in [2.45, 2.75) is 18.2 Å². The molecule has 2 unspecified atom stereocenters. The van der Waals surface area contributed by atoms with Crippen LogP contribution in [-0.4, -0.2) is 29.3 Å².